The lowest BCUT2D eigenvalue weighted by atomic mass is 9.90. The molecule has 0 saturated carbocycles. The van der Waals surface area contributed by atoms with Gasteiger partial charge in [0.15, 0.2) is 0 Å². The van der Waals surface area contributed by atoms with Gasteiger partial charge < -0.3 is 9.80 Å². The Labute approximate surface area is 266 Å². The summed E-state index contributed by atoms with van der Waals surface area (Å²) >= 11 is 0. The molecule has 0 fully saturated rings. The number of amides is 4. The molecule has 0 atom stereocenters. The fraction of sp³-hybridized carbons (Fsp3) is 0.351. The van der Waals surface area contributed by atoms with Crippen molar-refractivity contribution >= 4 is 56.5 Å². The number of rotatable bonds is 2. The van der Waals surface area contributed by atoms with Crippen molar-refractivity contribution in [3.8, 4) is 0 Å². The van der Waals surface area contributed by atoms with Crippen LogP contribution in [0.15, 0.2) is 60.7 Å². The van der Waals surface area contributed by atoms with Crippen molar-refractivity contribution in [1.82, 2.24) is 9.80 Å². The van der Waals surface area contributed by atoms with Gasteiger partial charge in [-0.05, 0) is 77.9 Å². The number of carbonyl (C=O) groups is 4. The van der Waals surface area contributed by atoms with Gasteiger partial charge in [0.2, 0.25) is 0 Å². The van der Waals surface area contributed by atoms with Crippen molar-refractivity contribution in [2.45, 2.75) is 60.0 Å². The van der Waals surface area contributed by atoms with Crippen molar-refractivity contribution in [3.63, 3.8) is 0 Å². The van der Waals surface area contributed by atoms with Crippen LogP contribution < -0.4 is 9.80 Å². The molecule has 6 rings (SSSR count). The molecule has 4 aromatic carbocycles. The summed E-state index contributed by atoms with van der Waals surface area (Å²) in [5.74, 6) is -0.907. The van der Waals surface area contributed by atoms with Gasteiger partial charge in [0, 0.05) is 94.4 Å². The highest BCUT2D eigenvalue weighted by Gasteiger charge is 2.39. The van der Waals surface area contributed by atoms with E-state index in [-0.39, 0.29) is 36.6 Å². The van der Waals surface area contributed by atoms with Crippen molar-refractivity contribution in [1.29, 1.82) is 0 Å². The SMILES string of the molecule is C.CN(C)c1ccc2c3c(cccc13)C(=O)N(C(C)(C)C)C2=O.CN1C(=O)c2cccc3c(N(C)C(C)(C)C)ccc(c23)C1=O. The molecular weight excluding hydrogens is 564 g/mol. The van der Waals surface area contributed by atoms with E-state index in [9.17, 15) is 19.2 Å². The van der Waals surface area contributed by atoms with Gasteiger partial charge in [0.05, 0.1) is 0 Å². The van der Waals surface area contributed by atoms with Gasteiger partial charge in [-0.2, -0.15) is 0 Å². The van der Waals surface area contributed by atoms with E-state index < -0.39 is 5.54 Å². The average Bonchev–Trinajstić information content (AvgIpc) is 2.95. The molecule has 0 aliphatic carbocycles. The molecule has 0 spiro atoms. The second-order valence-corrected chi connectivity index (χ2v) is 13.6. The Morgan fingerprint density at radius 2 is 0.956 bits per heavy atom. The molecule has 236 valence electrons. The normalized spacial score (nSPS) is 14.4. The minimum Gasteiger partial charge on any atom is -0.377 e. The van der Waals surface area contributed by atoms with E-state index in [1.54, 1.807) is 12.1 Å². The van der Waals surface area contributed by atoms with E-state index in [1.165, 1.54) is 16.8 Å². The maximum atomic E-state index is 12.8. The molecule has 0 radical (unpaired) electrons. The summed E-state index contributed by atoms with van der Waals surface area (Å²) in [6, 6.07) is 18.9. The summed E-state index contributed by atoms with van der Waals surface area (Å²) in [5.41, 5.74) is 3.82. The molecule has 0 unspecified atom stereocenters. The lowest BCUT2D eigenvalue weighted by molar-refractivity contribution is 0.0459. The third-order valence-corrected chi connectivity index (χ3v) is 8.49. The summed E-state index contributed by atoms with van der Waals surface area (Å²) in [4.78, 5) is 57.1. The summed E-state index contributed by atoms with van der Waals surface area (Å²) in [7, 11) is 7.47. The van der Waals surface area contributed by atoms with Crippen LogP contribution in [0.4, 0.5) is 11.4 Å². The maximum absolute atomic E-state index is 12.8. The van der Waals surface area contributed by atoms with E-state index in [2.05, 4.69) is 25.7 Å². The quantitative estimate of drug-likeness (QED) is 0.223. The molecule has 4 aromatic rings. The molecule has 8 nitrogen and oxygen atoms in total. The number of imide groups is 2. The number of nitrogens with zero attached hydrogens (tertiary/aromatic N) is 4. The Kier molecular flexibility index (Phi) is 8.35. The predicted molar refractivity (Wildman–Crippen MR) is 184 cm³/mol. The van der Waals surface area contributed by atoms with Crippen molar-refractivity contribution in [2.24, 2.45) is 0 Å². The van der Waals surface area contributed by atoms with E-state index in [1.807, 2.05) is 95.3 Å². The summed E-state index contributed by atoms with van der Waals surface area (Å²) < 4.78 is 0. The van der Waals surface area contributed by atoms with Crippen LogP contribution in [-0.4, -0.2) is 72.7 Å². The summed E-state index contributed by atoms with van der Waals surface area (Å²) in [5, 5.41) is 3.42. The van der Waals surface area contributed by atoms with E-state index in [0.29, 0.717) is 22.3 Å². The van der Waals surface area contributed by atoms with Crippen molar-refractivity contribution in [3.05, 3.63) is 82.9 Å². The van der Waals surface area contributed by atoms with Gasteiger partial charge in [-0.15, -0.1) is 0 Å². The van der Waals surface area contributed by atoms with Crippen LogP contribution in [0, 0.1) is 0 Å². The molecule has 0 saturated heterocycles. The molecule has 0 bridgehead atoms. The van der Waals surface area contributed by atoms with Crippen LogP contribution in [0.1, 0.15) is 90.4 Å². The largest absolute Gasteiger partial charge is 0.377 e. The monoisotopic (exact) mass is 608 g/mol. The Morgan fingerprint density at radius 3 is 1.40 bits per heavy atom. The van der Waals surface area contributed by atoms with Crippen molar-refractivity contribution in [2.75, 3.05) is 38.0 Å². The minimum absolute atomic E-state index is 0. The molecule has 2 aliphatic heterocycles. The summed E-state index contributed by atoms with van der Waals surface area (Å²) in [6.07, 6.45) is 0. The molecule has 45 heavy (non-hydrogen) atoms. The fourth-order valence-electron chi connectivity index (χ4n) is 5.94. The lowest BCUT2D eigenvalue weighted by Gasteiger charge is -2.37. The zero-order chi connectivity index (χ0) is 32.5. The minimum atomic E-state index is -0.547. The number of hydrogen-bond donors (Lipinski definition) is 0. The van der Waals surface area contributed by atoms with Gasteiger partial charge in [-0.3, -0.25) is 29.0 Å². The van der Waals surface area contributed by atoms with E-state index >= 15 is 0 Å². The Bertz CT molecular complexity index is 1830. The Hall–Kier alpha value is -4.72. The second-order valence-electron chi connectivity index (χ2n) is 13.6. The zero-order valence-electron chi connectivity index (χ0n) is 27.2. The summed E-state index contributed by atoms with van der Waals surface area (Å²) in [6.45, 7) is 12.0. The molecule has 2 heterocycles. The van der Waals surface area contributed by atoms with Crippen molar-refractivity contribution < 1.29 is 19.2 Å². The van der Waals surface area contributed by atoms with E-state index in [4.69, 9.17) is 0 Å². The molecule has 4 amide bonds. The van der Waals surface area contributed by atoms with Gasteiger partial charge in [-0.25, -0.2) is 0 Å². The molecule has 0 N–H and O–H groups in total. The predicted octanol–water partition coefficient (Wildman–Crippen LogP) is 7.24. The number of hydrogen-bond acceptors (Lipinski definition) is 6. The first-order valence-corrected chi connectivity index (χ1v) is 14.7. The van der Waals surface area contributed by atoms with Gasteiger partial charge >= 0.3 is 0 Å². The lowest BCUT2D eigenvalue weighted by Crippen LogP contribution is -2.51. The van der Waals surface area contributed by atoms with Gasteiger partial charge in [0.1, 0.15) is 0 Å². The Morgan fingerprint density at radius 1 is 0.556 bits per heavy atom. The van der Waals surface area contributed by atoms with Crippen LogP contribution in [-0.2, 0) is 0 Å². The van der Waals surface area contributed by atoms with Gasteiger partial charge in [0.25, 0.3) is 23.6 Å². The standard InChI is InChI=1S/2C18H20N2O2.CH4/c1-18(2,3)20(5)14-10-9-13-15-11(14)7-6-8-12(15)16(21)19(4)17(13)22;1-18(2,3)20-16(21)12-8-6-7-11-14(19(4)5)10-9-13(15(11)12)17(20)22;/h2*6-10H,1-5H3;1H4. The number of benzene rings is 4. The molecular formula is C37H44N4O4. The van der Waals surface area contributed by atoms with Crippen LogP contribution in [0.5, 0.6) is 0 Å². The van der Waals surface area contributed by atoms with Gasteiger partial charge in [-0.1, -0.05) is 31.7 Å². The second kappa shape index (κ2) is 11.3. The molecule has 8 heteroatoms. The van der Waals surface area contributed by atoms with Crippen LogP contribution >= 0.6 is 0 Å². The zero-order valence-corrected chi connectivity index (χ0v) is 27.2. The fourth-order valence-corrected chi connectivity index (χ4v) is 5.94. The van der Waals surface area contributed by atoms with Crippen LogP contribution in [0.3, 0.4) is 0 Å². The third kappa shape index (κ3) is 5.32. The Balaban J connectivity index is 0.000000200. The van der Waals surface area contributed by atoms with Crippen LogP contribution in [0.25, 0.3) is 21.5 Å². The van der Waals surface area contributed by atoms with Crippen LogP contribution in [0.2, 0.25) is 0 Å². The number of anilines is 2. The average molecular weight is 609 g/mol. The highest BCUT2D eigenvalue weighted by molar-refractivity contribution is 6.28. The maximum Gasteiger partial charge on any atom is 0.261 e. The molecule has 0 aromatic heterocycles. The number of carbonyl (C=O) groups excluding carboxylic acids is 4. The smallest absolute Gasteiger partial charge is 0.261 e. The third-order valence-electron chi connectivity index (χ3n) is 8.49. The molecule has 2 aliphatic rings. The topological polar surface area (TPSA) is 81.2 Å². The highest BCUT2D eigenvalue weighted by atomic mass is 16.2. The first kappa shape index (κ1) is 33.2. The first-order chi connectivity index (χ1) is 20.5. The van der Waals surface area contributed by atoms with E-state index in [0.717, 1.165) is 32.9 Å². The first-order valence-electron chi connectivity index (χ1n) is 14.7. The highest BCUT2D eigenvalue weighted by Crippen LogP contribution is 2.38.